The fourth-order valence-corrected chi connectivity index (χ4v) is 2.08. The Bertz CT molecular complexity index is 587. The molecule has 6 heteroatoms. The third-order valence-corrected chi connectivity index (χ3v) is 2.73. The van der Waals surface area contributed by atoms with Crippen LogP contribution in [-0.2, 0) is 17.8 Å². The van der Waals surface area contributed by atoms with Crippen molar-refractivity contribution in [3.05, 3.63) is 46.6 Å². The number of nitrogens with two attached hydrogens (primary N) is 1. The van der Waals surface area contributed by atoms with Crippen molar-refractivity contribution < 1.29 is 9.32 Å². The first-order chi connectivity index (χ1) is 9.52. The molecule has 1 aromatic heterocycles. The summed E-state index contributed by atoms with van der Waals surface area (Å²) in [5.41, 5.74) is 8.61. The number of primary amides is 1. The normalized spacial score (nSPS) is 10.7. The topological polar surface area (TPSA) is 94.0 Å². The van der Waals surface area contributed by atoms with E-state index in [2.05, 4.69) is 47.5 Å². The molecular formula is C14H18N4O2. The van der Waals surface area contributed by atoms with Gasteiger partial charge in [-0.2, -0.15) is 4.98 Å². The number of rotatable bonds is 6. The van der Waals surface area contributed by atoms with Crippen LogP contribution in [-0.4, -0.2) is 22.6 Å². The lowest BCUT2D eigenvalue weighted by molar-refractivity contribution is -0.117. The summed E-state index contributed by atoms with van der Waals surface area (Å²) < 4.78 is 5.10. The molecule has 0 saturated carbocycles. The first-order valence-corrected chi connectivity index (χ1v) is 6.40. The van der Waals surface area contributed by atoms with Gasteiger partial charge >= 0.3 is 0 Å². The number of nitrogens with zero attached hydrogens (tertiary/aromatic N) is 2. The number of hydrogen-bond donors (Lipinski definition) is 2. The fourth-order valence-electron chi connectivity index (χ4n) is 2.08. The Morgan fingerprint density at radius 2 is 2.00 bits per heavy atom. The molecule has 0 fully saturated rings. The van der Waals surface area contributed by atoms with Gasteiger partial charge < -0.3 is 10.3 Å². The van der Waals surface area contributed by atoms with Gasteiger partial charge in [0.15, 0.2) is 5.82 Å². The number of nitrogens with one attached hydrogen (secondary N) is 1. The van der Waals surface area contributed by atoms with Crippen molar-refractivity contribution in [3.8, 4) is 0 Å². The Labute approximate surface area is 117 Å². The quantitative estimate of drug-likeness (QED) is 0.814. The van der Waals surface area contributed by atoms with Crippen LogP contribution in [0.2, 0.25) is 0 Å². The highest BCUT2D eigenvalue weighted by Gasteiger charge is 2.08. The monoisotopic (exact) mass is 274 g/mol. The number of amides is 1. The minimum Gasteiger partial charge on any atom is -0.369 e. The average molecular weight is 274 g/mol. The van der Waals surface area contributed by atoms with E-state index < -0.39 is 5.91 Å². The van der Waals surface area contributed by atoms with Crippen LogP contribution >= 0.6 is 0 Å². The molecule has 1 amide bonds. The van der Waals surface area contributed by atoms with Crippen molar-refractivity contribution in [1.29, 1.82) is 0 Å². The van der Waals surface area contributed by atoms with Crippen LogP contribution in [0, 0.1) is 13.8 Å². The van der Waals surface area contributed by atoms with Gasteiger partial charge in [-0.15, -0.1) is 0 Å². The molecule has 1 heterocycles. The minimum atomic E-state index is -0.417. The molecule has 0 aliphatic rings. The SMILES string of the molecule is Cc1cc(C)cc(Cc2noc(CNCC(N)=O)n2)c1. The second-order valence-corrected chi connectivity index (χ2v) is 4.85. The fraction of sp³-hybridized carbons (Fsp3) is 0.357. The molecule has 0 aliphatic heterocycles. The molecule has 0 atom stereocenters. The maximum Gasteiger partial charge on any atom is 0.240 e. The smallest absolute Gasteiger partial charge is 0.240 e. The second-order valence-electron chi connectivity index (χ2n) is 4.85. The van der Waals surface area contributed by atoms with Crippen LogP contribution in [0.1, 0.15) is 28.4 Å². The summed E-state index contributed by atoms with van der Waals surface area (Å²) in [6.07, 6.45) is 0.627. The molecule has 0 saturated heterocycles. The zero-order valence-corrected chi connectivity index (χ0v) is 11.6. The van der Waals surface area contributed by atoms with Crippen LogP contribution in [0.15, 0.2) is 22.7 Å². The van der Waals surface area contributed by atoms with E-state index in [9.17, 15) is 4.79 Å². The van der Waals surface area contributed by atoms with Crippen molar-refractivity contribution in [2.24, 2.45) is 5.73 Å². The third-order valence-electron chi connectivity index (χ3n) is 2.73. The zero-order valence-electron chi connectivity index (χ0n) is 11.6. The first-order valence-electron chi connectivity index (χ1n) is 6.40. The summed E-state index contributed by atoms with van der Waals surface area (Å²) in [6, 6.07) is 6.33. The Kier molecular flexibility index (Phi) is 4.47. The Morgan fingerprint density at radius 3 is 2.65 bits per heavy atom. The van der Waals surface area contributed by atoms with E-state index in [1.807, 2.05) is 0 Å². The van der Waals surface area contributed by atoms with Crippen molar-refractivity contribution in [3.63, 3.8) is 0 Å². The maximum atomic E-state index is 10.6. The zero-order chi connectivity index (χ0) is 14.5. The van der Waals surface area contributed by atoms with E-state index in [4.69, 9.17) is 10.3 Å². The number of benzene rings is 1. The highest BCUT2D eigenvalue weighted by Crippen LogP contribution is 2.12. The van der Waals surface area contributed by atoms with Crippen LogP contribution in [0.3, 0.4) is 0 Å². The largest absolute Gasteiger partial charge is 0.369 e. The molecule has 2 aromatic rings. The van der Waals surface area contributed by atoms with Gasteiger partial charge in [0.2, 0.25) is 11.8 Å². The van der Waals surface area contributed by atoms with Crippen molar-refractivity contribution >= 4 is 5.91 Å². The molecule has 0 radical (unpaired) electrons. The molecule has 106 valence electrons. The van der Waals surface area contributed by atoms with Gasteiger partial charge in [-0.05, 0) is 19.4 Å². The van der Waals surface area contributed by atoms with E-state index in [1.54, 1.807) is 0 Å². The molecular weight excluding hydrogens is 256 g/mol. The van der Waals surface area contributed by atoms with E-state index in [0.29, 0.717) is 24.7 Å². The van der Waals surface area contributed by atoms with Crippen LogP contribution in [0.4, 0.5) is 0 Å². The number of aromatic nitrogens is 2. The molecule has 1 aromatic carbocycles. The Balaban J connectivity index is 1.96. The van der Waals surface area contributed by atoms with E-state index in [-0.39, 0.29) is 6.54 Å². The lowest BCUT2D eigenvalue weighted by Gasteiger charge is -2.01. The van der Waals surface area contributed by atoms with Gasteiger partial charge in [-0.1, -0.05) is 34.5 Å². The Hall–Kier alpha value is -2.21. The highest BCUT2D eigenvalue weighted by molar-refractivity contribution is 5.75. The molecule has 20 heavy (non-hydrogen) atoms. The summed E-state index contributed by atoms with van der Waals surface area (Å²) >= 11 is 0. The van der Waals surface area contributed by atoms with Crippen LogP contribution < -0.4 is 11.1 Å². The standard InChI is InChI=1S/C14H18N4O2/c1-9-3-10(2)5-11(4-9)6-13-17-14(20-18-13)8-16-7-12(15)19/h3-5,16H,6-8H2,1-2H3,(H2,15,19). The first kappa shape index (κ1) is 14.2. The summed E-state index contributed by atoms with van der Waals surface area (Å²) in [7, 11) is 0. The maximum absolute atomic E-state index is 10.6. The lowest BCUT2D eigenvalue weighted by atomic mass is 10.1. The Morgan fingerprint density at radius 1 is 1.30 bits per heavy atom. The molecule has 3 N–H and O–H groups in total. The lowest BCUT2D eigenvalue weighted by Crippen LogP contribution is -2.28. The molecule has 0 spiro atoms. The van der Waals surface area contributed by atoms with Crippen molar-refractivity contribution in [1.82, 2.24) is 15.5 Å². The van der Waals surface area contributed by atoms with Crippen LogP contribution in [0.5, 0.6) is 0 Å². The molecule has 2 rings (SSSR count). The van der Waals surface area contributed by atoms with E-state index in [1.165, 1.54) is 11.1 Å². The number of carbonyl (C=O) groups is 1. The summed E-state index contributed by atoms with van der Waals surface area (Å²) in [5.74, 6) is 0.663. The number of hydrogen-bond acceptors (Lipinski definition) is 5. The molecule has 0 aliphatic carbocycles. The predicted molar refractivity (Wildman–Crippen MR) is 73.9 cm³/mol. The van der Waals surface area contributed by atoms with Gasteiger partial charge in [0, 0.05) is 6.42 Å². The van der Waals surface area contributed by atoms with Crippen LogP contribution in [0.25, 0.3) is 0 Å². The molecule has 0 bridgehead atoms. The second kappa shape index (κ2) is 6.29. The van der Waals surface area contributed by atoms with Crippen molar-refractivity contribution in [2.75, 3.05) is 6.54 Å². The predicted octanol–water partition coefficient (Wildman–Crippen LogP) is 0.852. The number of aryl methyl sites for hydroxylation is 2. The van der Waals surface area contributed by atoms with Crippen molar-refractivity contribution in [2.45, 2.75) is 26.8 Å². The summed E-state index contributed by atoms with van der Waals surface area (Å²) in [6.45, 7) is 4.55. The van der Waals surface area contributed by atoms with Gasteiger partial charge in [0.1, 0.15) is 0 Å². The van der Waals surface area contributed by atoms with Gasteiger partial charge in [0.05, 0.1) is 13.1 Å². The van der Waals surface area contributed by atoms with Gasteiger partial charge in [-0.25, -0.2) is 0 Å². The molecule has 6 nitrogen and oxygen atoms in total. The van der Waals surface area contributed by atoms with Gasteiger partial charge in [0.25, 0.3) is 0 Å². The minimum absolute atomic E-state index is 0.0921. The van der Waals surface area contributed by atoms with E-state index in [0.717, 1.165) is 5.56 Å². The third kappa shape index (κ3) is 4.17. The highest BCUT2D eigenvalue weighted by atomic mass is 16.5. The number of carbonyl (C=O) groups excluding carboxylic acids is 1. The van der Waals surface area contributed by atoms with E-state index >= 15 is 0 Å². The molecule has 0 unspecified atom stereocenters. The summed E-state index contributed by atoms with van der Waals surface area (Å²) in [4.78, 5) is 14.9. The average Bonchev–Trinajstić information content (AvgIpc) is 2.74. The van der Waals surface area contributed by atoms with Gasteiger partial charge in [-0.3, -0.25) is 10.1 Å². The summed E-state index contributed by atoms with van der Waals surface area (Å²) in [5, 5.41) is 6.75.